The largest absolute Gasteiger partial charge is 0.440 e. The zero-order valence-corrected chi connectivity index (χ0v) is 11.4. The van der Waals surface area contributed by atoms with E-state index in [1.165, 1.54) is 12.1 Å². The van der Waals surface area contributed by atoms with E-state index >= 15 is 0 Å². The average Bonchev–Trinajstić information content (AvgIpc) is 2.72. The summed E-state index contributed by atoms with van der Waals surface area (Å²) >= 11 is 5.56. The summed E-state index contributed by atoms with van der Waals surface area (Å²) in [6.45, 7) is 6.17. The molecular formula is C12H17ClN2O3. The lowest BCUT2D eigenvalue weighted by Crippen LogP contribution is -2.45. The van der Waals surface area contributed by atoms with Crippen LogP contribution in [-0.4, -0.2) is 24.4 Å². The molecule has 2 amide bonds. The molecule has 0 radical (unpaired) electrons. The smallest absolute Gasteiger partial charge is 0.287 e. The Kier molecular flexibility index (Phi) is 5.22. The quantitative estimate of drug-likeness (QED) is 0.859. The van der Waals surface area contributed by atoms with Gasteiger partial charge in [-0.1, -0.05) is 13.8 Å². The summed E-state index contributed by atoms with van der Waals surface area (Å²) in [6, 6.07) is 2.30. The van der Waals surface area contributed by atoms with Crippen LogP contribution in [0.1, 0.15) is 31.3 Å². The zero-order valence-electron chi connectivity index (χ0n) is 10.6. The predicted octanol–water partition coefficient (Wildman–Crippen LogP) is 1.82. The molecule has 1 aromatic rings. The SMILES string of the molecule is CC(C)CNC(=O)C(C)NC(=O)c1ccc(Cl)o1. The highest BCUT2D eigenvalue weighted by molar-refractivity contribution is 6.29. The number of carbonyl (C=O) groups excluding carboxylic acids is 2. The van der Waals surface area contributed by atoms with Crippen LogP contribution in [0.15, 0.2) is 16.5 Å². The number of amides is 2. The Balaban J connectivity index is 2.46. The standard InChI is InChI=1S/C12H17ClN2O3/c1-7(2)6-14-11(16)8(3)15-12(17)9-4-5-10(13)18-9/h4-5,7-8H,6H2,1-3H3,(H,14,16)(H,15,17). The third kappa shape index (κ3) is 4.41. The van der Waals surface area contributed by atoms with Gasteiger partial charge in [0.15, 0.2) is 11.0 Å². The van der Waals surface area contributed by atoms with E-state index in [1.807, 2.05) is 13.8 Å². The number of furan rings is 1. The summed E-state index contributed by atoms with van der Waals surface area (Å²) in [5.74, 6) is -0.243. The monoisotopic (exact) mass is 272 g/mol. The minimum Gasteiger partial charge on any atom is -0.440 e. The first kappa shape index (κ1) is 14.6. The molecule has 0 bridgehead atoms. The van der Waals surface area contributed by atoms with E-state index in [9.17, 15) is 9.59 Å². The molecule has 1 unspecified atom stereocenters. The van der Waals surface area contributed by atoms with Gasteiger partial charge in [-0.15, -0.1) is 0 Å². The van der Waals surface area contributed by atoms with Crippen LogP contribution < -0.4 is 10.6 Å². The molecule has 6 heteroatoms. The molecule has 5 nitrogen and oxygen atoms in total. The molecule has 18 heavy (non-hydrogen) atoms. The molecule has 0 aliphatic rings. The van der Waals surface area contributed by atoms with Crippen molar-refractivity contribution in [3.05, 3.63) is 23.1 Å². The molecule has 0 fully saturated rings. The highest BCUT2D eigenvalue weighted by Crippen LogP contribution is 2.12. The summed E-state index contributed by atoms with van der Waals surface area (Å²) in [7, 11) is 0. The molecule has 0 aromatic carbocycles. The van der Waals surface area contributed by atoms with Gasteiger partial charge in [0, 0.05) is 6.54 Å². The molecule has 0 saturated carbocycles. The third-order valence-corrected chi connectivity index (χ3v) is 2.43. The first-order chi connectivity index (χ1) is 8.40. The second-order valence-corrected chi connectivity index (χ2v) is 4.81. The van der Waals surface area contributed by atoms with Gasteiger partial charge in [-0.3, -0.25) is 9.59 Å². The van der Waals surface area contributed by atoms with Gasteiger partial charge in [-0.2, -0.15) is 0 Å². The van der Waals surface area contributed by atoms with Crippen LogP contribution in [0.2, 0.25) is 5.22 Å². The number of hydrogen-bond acceptors (Lipinski definition) is 3. The maximum Gasteiger partial charge on any atom is 0.287 e. The van der Waals surface area contributed by atoms with E-state index < -0.39 is 11.9 Å². The van der Waals surface area contributed by atoms with E-state index in [0.717, 1.165) is 0 Å². The van der Waals surface area contributed by atoms with Gasteiger partial charge >= 0.3 is 0 Å². The first-order valence-electron chi connectivity index (χ1n) is 5.74. The molecule has 0 aliphatic carbocycles. The van der Waals surface area contributed by atoms with Crippen molar-refractivity contribution in [3.8, 4) is 0 Å². The fourth-order valence-corrected chi connectivity index (χ4v) is 1.37. The molecular weight excluding hydrogens is 256 g/mol. The lowest BCUT2D eigenvalue weighted by molar-refractivity contribution is -0.122. The highest BCUT2D eigenvalue weighted by atomic mass is 35.5. The van der Waals surface area contributed by atoms with Crippen LogP contribution >= 0.6 is 11.6 Å². The molecule has 0 spiro atoms. The fraction of sp³-hybridized carbons (Fsp3) is 0.500. The first-order valence-corrected chi connectivity index (χ1v) is 6.12. The van der Waals surface area contributed by atoms with Gasteiger partial charge in [0.1, 0.15) is 6.04 Å². The maximum atomic E-state index is 11.7. The molecule has 1 atom stereocenters. The summed E-state index contributed by atoms with van der Waals surface area (Å²) in [6.07, 6.45) is 0. The van der Waals surface area contributed by atoms with Gasteiger partial charge in [-0.05, 0) is 36.6 Å². The number of carbonyl (C=O) groups is 2. The van der Waals surface area contributed by atoms with Crippen molar-refractivity contribution in [1.82, 2.24) is 10.6 Å². The zero-order chi connectivity index (χ0) is 13.7. The Morgan fingerprint density at radius 1 is 1.33 bits per heavy atom. The van der Waals surface area contributed by atoms with Gasteiger partial charge in [-0.25, -0.2) is 0 Å². The van der Waals surface area contributed by atoms with Crippen LogP contribution in [0.4, 0.5) is 0 Å². The van der Waals surface area contributed by atoms with Crippen molar-refractivity contribution in [2.75, 3.05) is 6.54 Å². The Morgan fingerprint density at radius 2 is 2.00 bits per heavy atom. The Bertz CT molecular complexity index is 429. The van der Waals surface area contributed by atoms with Crippen molar-refractivity contribution in [2.45, 2.75) is 26.8 Å². The maximum absolute atomic E-state index is 11.7. The lowest BCUT2D eigenvalue weighted by atomic mass is 10.2. The lowest BCUT2D eigenvalue weighted by Gasteiger charge is -2.14. The second kappa shape index (κ2) is 6.44. The normalized spacial score (nSPS) is 12.3. The van der Waals surface area contributed by atoms with Crippen molar-refractivity contribution < 1.29 is 14.0 Å². The van der Waals surface area contributed by atoms with E-state index in [0.29, 0.717) is 12.5 Å². The summed E-state index contributed by atoms with van der Waals surface area (Å²) in [5.41, 5.74) is 0. The number of nitrogens with one attached hydrogen (secondary N) is 2. The van der Waals surface area contributed by atoms with Crippen LogP contribution in [0, 0.1) is 5.92 Å². The number of halogens is 1. The fourth-order valence-electron chi connectivity index (χ4n) is 1.23. The highest BCUT2D eigenvalue weighted by Gasteiger charge is 2.18. The molecule has 2 N–H and O–H groups in total. The van der Waals surface area contributed by atoms with E-state index in [1.54, 1.807) is 6.92 Å². The second-order valence-electron chi connectivity index (χ2n) is 4.44. The Hall–Kier alpha value is -1.49. The van der Waals surface area contributed by atoms with Crippen LogP contribution in [0.5, 0.6) is 0 Å². The van der Waals surface area contributed by atoms with Gasteiger partial charge in [0.05, 0.1) is 0 Å². The molecule has 0 saturated heterocycles. The van der Waals surface area contributed by atoms with Crippen molar-refractivity contribution >= 4 is 23.4 Å². The molecule has 1 rings (SSSR count). The van der Waals surface area contributed by atoms with Crippen molar-refractivity contribution in [3.63, 3.8) is 0 Å². The predicted molar refractivity (Wildman–Crippen MR) is 68.5 cm³/mol. The van der Waals surface area contributed by atoms with Crippen LogP contribution in [-0.2, 0) is 4.79 Å². The van der Waals surface area contributed by atoms with Crippen LogP contribution in [0.25, 0.3) is 0 Å². The van der Waals surface area contributed by atoms with E-state index in [2.05, 4.69) is 10.6 Å². The van der Waals surface area contributed by atoms with Gasteiger partial charge in [0.2, 0.25) is 5.91 Å². The summed E-state index contributed by atoms with van der Waals surface area (Å²) < 4.78 is 4.95. The third-order valence-electron chi connectivity index (χ3n) is 2.22. The molecule has 100 valence electrons. The van der Waals surface area contributed by atoms with E-state index in [4.69, 9.17) is 16.0 Å². The van der Waals surface area contributed by atoms with Crippen molar-refractivity contribution in [2.24, 2.45) is 5.92 Å². The summed E-state index contributed by atoms with van der Waals surface area (Å²) in [5, 5.41) is 5.40. The van der Waals surface area contributed by atoms with Gasteiger partial charge < -0.3 is 15.1 Å². The Morgan fingerprint density at radius 3 is 2.50 bits per heavy atom. The molecule has 0 aliphatic heterocycles. The van der Waals surface area contributed by atoms with Crippen molar-refractivity contribution in [1.29, 1.82) is 0 Å². The van der Waals surface area contributed by atoms with Gasteiger partial charge in [0.25, 0.3) is 5.91 Å². The van der Waals surface area contributed by atoms with Crippen LogP contribution in [0.3, 0.4) is 0 Å². The molecule has 1 aromatic heterocycles. The minimum atomic E-state index is -0.625. The number of rotatable bonds is 5. The number of hydrogen-bond donors (Lipinski definition) is 2. The van der Waals surface area contributed by atoms with E-state index in [-0.39, 0.29) is 16.9 Å². The molecule has 1 heterocycles. The minimum absolute atomic E-state index is 0.0866. The average molecular weight is 273 g/mol. The Labute approximate surface area is 111 Å². The topological polar surface area (TPSA) is 71.3 Å². The summed E-state index contributed by atoms with van der Waals surface area (Å²) in [4.78, 5) is 23.3.